The Morgan fingerprint density at radius 2 is 1.95 bits per heavy atom. The molecule has 0 spiro atoms. The molecule has 5 nitrogen and oxygen atoms in total. The maximum atomic E-state index is 12.2. The summed E-state index contributed by atoms with van der Waals surface area (Å²) in [5.41, 5.74) is 6.65. The molecule has 1 amide bonds. The van der Waals surface area contributed by atoms with Crippen LogP contribution < -0.4 is 15.4 Å². The van der Waals surface area contributed by atoms with Crippen LogP contribution in [0.15, 0.2) is 0 Å². The van der Waals surface area contributed by atoms with Crippen LogP contribution in [0.1, 0.15) is 36.4 Å². The van der Waals surface area contributed by atoms with E-state index in [9.17, 15) is 4.79 Å². The van der Waals surface area contributed by atoms with Gasteiger partial charge in [0, 0.05) is 27.2 Å². The molecule has 1 aromatic rings. The van der Waals surface area contributed by atoms with E-state index in [0.717, 1.165) is 18.1 Å². The topological polar surface area (TPSA) is 58.8 Å². The predicted octanol–water partition coefficient (Wildman–Crippen LogP) is 2.42. The molecule has 0 bridgehead atoms. The molecule has 1 aromatic heterocycles. The van der Waals surface area contributed by atoms with Crippen molar-refractivity contribution in [1.29, 1.82) is 0 Å². The number of carbonyl (C=O) groups excluding carboxylic acids is 1. The van der Waals surface area contributed by atoms with Crippen molar-refractivity contribution in [1.82, 2.24) is 4.90 Å². The molecule has 1 fully saturated rings. The van der Waals surface area contributed by atoms with Gasteiger partial charge in [0.2, 0.25) is 0 Å². The fourth-order valence-corrected chi connectivity index (χ4v) is 3.48. The molecule has 0 saturated carbocycles. The van der Waals surface area contributed by atoms with Gasteiger partial charge < -0.3 is 20.3 Å². The van der Waals surface area contributed by atoms with Crippen molar-refractivity contribution in [3.63, 3.8) is 0 Å². The Hall–Kier alpha value is -1.43. The second-order valence-corrected chi connectivity index (χ2v) is 6.54. The highest BCUT2D eigenvalue weighted by Crippen LogP contribution is 2.46. The first-order chi connectivity index (χ1) is 9.41. The van der Waals surface area contributed by atoms with Crippen LogP contribution in [0.4, 0.5) is 10.7 Å². The summed E-state index contributed by atoms with van der Waals surface area (Å²) in [6.45, 7) is 5.95. The first-order valence-corrected chi connectivity index (χ1v) is 7.79. The van der Waals surface area contributed by atoms with Gasteiger partial charge in [-0.1, -0.05) is 0 Å². The fourth-order valence-electron chi connectivity index (χ4n) is 2.26. The average Bonchev–Trinajstić information content (AvgIpc) is 2.98. The zero-order chi connectivity index (χ0) is 14.9. The van der Waals surface area contributed by atoms with E-state index >= 15 is 0 Å². The number of hydrogen-bond acceptors (Lipinski definition) is 5. The van der Waals surface area contributed by atoms with E-state index in [0.29, 0.717) is 16.3 Å². The highest BCUT2D eigenvalue weighted by atomic mass is 32.1. The zero-order valence-electron chi connectivity index (χ0n) is 12.6. The normalized spacial score (nSPS) is 14.9. The lowest BCUT2D eigenvalue weighted by atomic mass is 10.3. The largest absolute Gasteiger partial charge is 0.486 e. The number of amides is 1. The van der Waals surface area contributed by atoms with Crippen molar-refractivity contribution >= 4 is 27.9 Å². The van der Waals surface area contributed by atoms with Gasteiger partial charge in [-0.2, -0.15) is 0 Å². The minimum Gasteiger partial charge on any atom is -0.486 e. The van der Waals surface area contributed by atoms with Crippen LogP contribution in [-0.4, -0.2) is 44.1 Å². The summed E-state index contributed by atoms with van der Waals surface area (Å²) >= 11 is 1.45. The smallest absolute Gasteiger partial charge is 0.265 e. The van der Waals surface area contributed by atoms with Crippen molar-refractivity contribution < 1.29 is 9.53 Å². The standard InChI is InChI=1S/C14H23N3O2S/c1-9(2)19-11-10(15)12(13(18)16(3)4)20-14(11)17-7-5-6-8-17/h9H,5-8,15H2,1-4H3. The molecule has 2 rings (SSSR count). The van der Waals surface area contributed by atoms with Crippen LogP contribution in [0.5, 0.6) is 5.75 Å². The molecule has 0 radical (unpaired) electrons. The first-order valence-electron chi connectivity index (χ1n) is 6.97. The molecule has 0 atom stereocenters. The van der Waals surface area contributed by atoms with Gasteiger partial charge in [0.25, 0.3) is 5.91 Å². The molecule has 6 heteroatoms. The van der Waals surface area contributed by atoms with E-state index in [2.05, 4.69) is 4.90 Å². The number of nitrogens with two attached hydrogens (primary N) is 1. The molecule has 1 saturated heterocycles. The second kappa shape index (κ2) is 5.91. The van der Waals surface area contributed by atoms with E-state index in [-0.39, 0.29) is 12.0 Å². The van der Waals surface area contributed by atoms with Crippen LogP contribution in [0.3, 0.4) is 0 Å². The molecule has 0 aliphatic carbocycles. The van der Waals surface area contributed by atoms with Crippen LogP contribution in [0.2, 0.25) is 0 Å². The second-order valence-electron chi connectivity index (χ2n) is 5.54. The van der Waals surface area contributed by atoms with Crippen LogP contribution in [0, 0.1) is 0 Å². The van der Waals surface area contributed by atoms with E-state index < -0.39 is 0 Å². The SMILES string of the molecule is CC(C)Oc1c(N2CCCC2)sc(C(=O)N(C)C)c1N. The zero-order valence-corrected chi connectivity index (χ0v) is 13.4. The van der Waals surface area contributed by atoms with Crippen molar-refractivity contribution in [2.75, 3.05) is 37.8 Å². The van der Waals surface area contributed by atoms with Gasteiger partial charge in [0.15, 0.2) is 5.75 Å². The number of rotatable bonds is 4. The number of thiophene rings is 1. The Labute approximate surface area is 124 Å². The Bertz CT molecular complexity index is 491. The minimum absolute atomic E-state index is 0.0376. The van der Waals surface area contributed by atoms with E-state index in [1.165, 1.54) is 24.2 Å². The van der Waals surface area contributed by atoms with Gasteiger partial charge in [-0.25, -0.2) is 0 Å². The summed E-state index contributed by atoms with van der Waals surface area (Å²) in [5, 5.41) is 0.999. The van der Waals surface area contributed by atoms with Gasteiger partial charge in [0.05, 0.1) is 6.10 Å². The van der Waals surface area contributed by atoms with Crippen molar-refractivity contribution in [3.8, 4) is 5.75 Å². The Balaban J connectivity index is 2.42. The summed E-state index contributed by atoms with van der Waals surface area (Å²) in [4.78, 5) is 16.6. The molecule has 0 unspecified atom stereocenters. The molecular formula is C14H23N3O2S. The van der Waals surface area contributed by atoms with Crippen molar-refractivity contribution in [3.05, 3.63) is 4.88 Å². The molecule has 112 valence electrons. The van der Waals surface area contributed by atoms with Gasteiger partial charge in [-0.15, -0.1) is 11.3 Å². The van der Waals surface area contributed by atoms with Crippen molar-refractivity contribution in [2.24, 2.45) is 0 Å². The maximum absolute atomic E-state index is 12.2. The van der Waals surface area contributed by atoms with Crippen molar-refractivity contribution in [2.45, 2.75) is 32.8 Å². The van der Waals surface area contributed by atoms with Crippen LogP contribution in [0.25, 0.3) is 0 Å². The van der Waals surface area contributed by atoms with Gasteiger partial charge >= 0.3 is 0 Å². The lowest BCUT2D eigenvalue weighted by Crippen LogP contribution is -2.21. The minimum atomic E-state index is -0.0634. The Morgan fingerprint density at radius 3 is 2.45 bits per heavy atom. The van der Waals surface area contributed by atoms with E-state index in [1.807, 2.05) is 13.8 Å². The summed E-state index contributed by atoms with van der Waals surface area (Å²) in [6, 6.07) is 0. The monoisotopic (exact) mass is 297 g/mol. The molecule has 20 heavy (non-hydrogen) atoms. The first kappa shape index (κ1) is 15.0. The van der Waals surface area contributed by atoms with Crippen LogP contribution >= 0.6 is 11.3 Å². The summed E-state index contributed by atoms with van der Waals surface area (Å²) in [6.07, 6.45) is 2.39. The average molecular weight is 297 g/mol. The fraction of sp³-hybridized carbons (Fsp3) is 0.643. The quantitative estimate of drug-likeness (QED) is 0.927. The van der Waals surface area contributed by atoms with Crippen LogP contribution in [-0.2, 0) is 0 Å². The molecule has 2 heterocycles. The highest BCUT2D eigenvalue weighted by Gasteiger charge is 2.28. The number of ether oxygens (including phenoxy) is 1. The molecule has 1 aliphatic heterocycles. The highest BCUT2D eigenvalue weighted by molar-refractivity contribution is 7.19. The summed E-state index contributed by atoms with van der Waals surface area (Å²) in [5.74, 6) is 0.614. The number of anilines is 2. The predicted molar refractivity (Wildman–Crippen MR) is 84.0 cm³/mol. The van der Waals surface area contributed by atoms with Gasteiger partial charge in [-0.3, -0.25) is 4.79 Å². The maximum Gasteiger partial charge on any atom is 0.265 e. The number of carbonyl (C=O) groups is 1. The Kier molecular flexibility index (Phi) is 4.42. The number of nitrogen functional groups attached to an aromatic ring is 1. The lowest BCUT2D eigenvalue weighted by molar-refractivity contribution is 0.0833. The third-order valence-corrected chi connectivity index (χ3v) is 4.47. The third kappa shape index (κ3) is 2.85. The third-order valence-electron chi connectivity index (χ3n) is 3.23. The molecular weight excluding hydrogens is 274 g/mol. The molecule has 1 aliphatic rings. The molecule has 0 aromatic carbocycles. The van der Waals surface area contributed by atoms with E-state index in [1.54, 1.807) is 19.0 Å². The summed E-state index contributed by atoms with van der Waals surface area (Å²) < 4.78 is 5.87. The number of hydrogen-bond donors (Lipinski definition) is 1. The molecule has 2 N–H and O–H groups in total. The van der Waals surface area contributed by atoms with Gasteiger partial charge in [0.1, 0.15) is 15.6 Å². The van der Waals surface area contributed by atoms with E-state index in [4.69, 9.17) is 10.5 Å². The lowest BCUT2D eigenvalue weighted by Gasteiger charge is -2.19. The van der Waals surface area contributed by atoms with Gasteiger partial charge in [-0.05, 0) is 26.7 Å². The number of nitrogens with zero attached hydrogens (tertiary/aromatic N) is 2. The Morgan fingerprint density at radius 1 is 1.35 bits per heavy atom. The summed E-state index contributed by atoms with van der Waals surface area (Å²) in [7, 11) is 3.47.